The summed E-state index contributed by atoms with van der Waals surface area (Å²) in [7, 11) is -2.20. The van der Waals surface area contributed by atoms with Gasteiger partial charge in [0.05, 0.1) is 17.6 Å². The predicted octanol–water partition coefficient (Wildman–Crippen LogP) is -0.847. The van der Waals surface area contributed by atoms with Crippen LogP contribution in [0.15, 0.2) is 0 Å². The van der Waals surface area contributed by atoms with Crippen molar-refractivity contribution in [1.82, 2.24) is 10.0 Å². The van der Waals surface area contributed by atoms with Crippen LogP contribution < -0.4 is 10.0 Å². The van der Waals surface area contributed by atoms with Crippen LogP contribution in [0.2, 0.25) is 0 Å². The summed E-state index contributed by atoms with van der Waals surface area (Å²) >= 11 is 0. The Hall–Kier alpha value is -1.15. The first-order valence-electron chi connectivity index (χ1n) is 5.02. The van der Waals surface area contributed by atoms with Crippen LogP contribution in [-0.2, 0) is 19.6 Å². The number of carboxylic acids is 1. The van der Waals surface area contributed by atoms with Crippen LogP contribution in [0.1, 0.15) is 20.3 Å². The van der Waals surface area contributed by atoms with Gasteiger partial charge in [-0.1, -0.05) is 0 Å². The molecule has 7 nitrogen and oxygen atoms in total. The second kappa shape index (κ2) is 5.97. The van der Waals surface area contributed by atoms with E-state index in [0.29, 0.717) is 0 Å². The quantitative estimate of drug-likeness (QED) is 0.555. The summed E-state index contributed by atoms with van der Waals surface area (Å²) in [6.45, 7) is 3.10. The highest BCUT2D eigenvalue weighted by molar-refractivity contribution is 7.89. The molecule has 0 bridgehead atoms. The molecule has 0 aromatic carbocycles. The highest BCUT2D eigenvalue weighted by Gasteiger charge is 2.28. The lowest BCUT2D eigenvalue weighted by molar-refractivity contribution is -0.136. The van der Waals surface area contributed by atoms with Crippen molar-refractivity contribution in [3.63, 3.8) is 0 Å². The van der Waals surface area contributed by atoms with Crippen molar-refractivity contribution >= 4 is 21.9 Å². The van der Waals surface area contributed by atoms with E-state index in [1.165, 1.54) is 7.05 Å². The van der Waals surface area contributed by atoms with Crippen LogP contribution in [0, 0.1) is 5.41 Å². The average molecular weight is 266 g/mol. The number of nitrogens with one attached hydrogen (secondary N) is 2. The lowest BCUT2D eigenvalue weighted by atomic mass is 9.93. The first-order chi connectivity index (χ1) is 7.60. The summed E-state index contributed by atoms with van der Waals surface area (Å²) in [6, 6.07) is 0. The number of sulfonamides is 1. The Kier molecular flexibility index (Phi) is 5.56. The molecule has 0 radical (unpaired) electrons. The van der Waals surface area contributed by atoms with E-state index >= 15 is 0 Å². The Morgan fingerprint density at radius 2 is 1.82 bits per heavy atom. The van der Waals surface area contributed by atoms with Gasteiger partial charge in [-0.2, -0.15) is 0 Å². The molecule has 0 atom stereocenters. The lowest BCUT2D eigenvalue weighted by Gasteiger charge is -2.22. The van der Waals surface area contributed by atoms with Gasteiger partial charge in [-0.25, -0.2) is 13.1 Å². The van der Waals surface area contributed by atoms with Gasteiger partial charge in [0.2, 0.25) is 15.9 Å². The first kappa shape index (κ1) is 15.9. The van der Waals surface area contributed by atoms with Crippen molar-refractivity contribution in [3.05, 3.63) is 0 Å². The number of aliphatic carboxylic acids is 1. The zero-order valence-corrected chi connectivity index (χ0v) is 10.9. The van der Waals surface area contributed by atoms with Crippen LogP contribution in [0.3, 0.4) is 0 Å². The number of carbonyl (C=O) groups is 2. The van der Waals surface area contributed by atoms with E-state index in [1.807, 2.05) is 0 Å². The highest BCUT2D eigenvalue weighted by atomic mass is 32.2. The number of rotatable bonds is 7. The molecule has 0 rings (SSSR count). The maximum Gasteiger partial charge on any atom is 0.304 e. The molecule has 0 heterocycles. The molecule has 0 unspecified atom stereocenters. The van der Waals surface area contributed by atoms with Crippen molar-refractivity contribution in [1.29, 1.82) is 0 Å². The summed E-state index contributed by atoms with van der Waals surface area (Å²) in [5.74, 6) is -1.97. The highest BCUT2D eigenvalue weighted by Crippen LogP contribution is 2.13. The van der Waals surface area contributed by atoms with E-state index < -0.39 is 33.6 Å². The smallest absolute Gasteiger partial charge is 0.304 e. The molecule has 8 heteroatoms. The van der Waals surface area contributed by atoms with Crippen molar-refractivity contribution in [3.8, 4) is 0 Å². The van der Waals surface area contributed by atoms with E-state index in [4.69, 9.17) is 5.11 Å². The van der Waals surface area contributed by atoms with Crippen LogP contribution in [0.4, 0.5) is 0 Å². The van der Waals surface area contributed by atoms with Gasteiger partial charge >= 0.3 is 5.97 Å². The van der Waals surface area contributed by atoms with E-state index in [0.717, 1.165) is 0 Å². The van der Waals surface area contributed by atoms with Crippen LogP contribution >= 0.6 is 0 Å². The predicted molar refractivity (Wildman–Crippen MR) is 61.9 cm³/mol. The SMILES string of the molecule is CNC(=O)C(C)(C)CNS(=O)(=O)CCC(=O)O. The van der Waals surface area contributed by atoms with Crippen LogP contribution in [-0.4, -0.2) is 44.7 Å². The Labute approximate surface area is 101 Å². The molecular weight excluding hydrogens is 248 g/mol. The molecule has 0 aromatic heterocycles. The minimum absolute atomic E-state index is 0.0748. The molecule has 0 aliphatic rings. The summed E-state index contributed by atoms with van der Waals surface area (Å²) in [4.78, 5) is 21.6. The summed E-state index contributed by atoms with van der Waals surface area (Å²) in [6.07, 6.45) is -0.463. The van der Waals surface area contributed by atoms with Gasteiger partial charge in [-0.15, -0.1) is 0 Å². The largest absolute Gasteiger partial charge is 0.481 e. The van der Waals surface area contributed by atoms with Gasteiger partial charge in [-0.05, 0) is 13.8 Å². The molecule has 0 aromatic rings. The van der Waals surface area contributed by atoms with E-state index in [-0.39, 0.29) is 12.5 Å². The van der Waals surface area contributed by atoms with Gasteiger partial charge in [0.15, 0.2) is 0 Å². The number of carbonyl (C=O) groups excluding carboxylic acids is 1. The normalized spacial score (nSPS) is 12.2. The number of amides is 1. The molecular formula is C9H18N2O5S. The molecule has 1 amide bonds. The van der Waals surface area contributed by atoms with Crippen molar-refractivity contribution in [2.75, 3.05) is 19.3 Å². The maximum absolute atomic E-state index is 11.4. The molecule has 0 aliphatic heterocycles. The Morgan fingerprint density at radius 1 is 1.29 bits per heavy atom. The third kappa shape index (κ3) is 6.22. The third-order valence-corrected chi connectivity index (χ3v) is 3.49. The van der Waals surface area contributed by atoms with Gasteiger partial charge in [0, 0.05) is 13.6 Å². The summed E-state index contributed by atoms with van der Waals surface area (Å²) in [5, 5.41) is 10.8. The summed E-state index contributed by atoms with van der Waals surface area (Å²) < 4.78 is 25.0. The fourth-order valence-corrected chi connectivity index (χ4v) is 2.17. The van der Waals surface area contributed by atoms with Gasteiger partial charge < -0.3 is 10.4 Å². The second-order valence-electron chi connectivity index (χ2n) is 4.25. The van der Waals surface area contributed by atoms with Crippen LogP contribution in [0.5, 0.6) is 0 Å². The molecule has 100 valence electrons. The fourth-order valence-electron chi connectivity index (χ4n) is 1.00. The molecule has 0 saturated heterocycles. The third-order valence-electron chi connectivity index (χ3n) is 2.16. The molecule has 0 spiro atoms. The van der Waals surface area contributed by atoms with E-state index in [2.05, 4.69) is 10.0 Å². The molecule has 0 saturated carbocycles. The number of hydrogen-bond donors (Lipinski definition) is 3. The zero-order valence-electron chi connectivity index (χ0n) is 10.1. The summed E-state index contributed by atoms with van der Waals surface area (Å²) in [5.41, 5.74) is -0.884. The van der Waals surface area contributed by atoms with Gasteiger partial charge in [-0.3, -0.25) is 9.59 Å². The van der Waals surface area contributed by atoms with Crippen molar-refractivity contribution in [2.45, 2.75) is 20.3 Å². The Balaban J connectivity index is 4.36. The minimum atomic E-state index is -3.66. The monoisotopic (exact) mass is 266 g/mol. The standard InChI is InChI=1S/C9H18N2O5S/c1-9(2,8(14)10-3)6-11-17(15,16)5-4-7(12)13/h11H,4-6H2,1-3H3,(H,10,14)(H,12,13). The molecule has 0 aliphatic carbocycles. The van der Waals surface area contributed by atoms with Crippen molar-refractivity contribution in [2.24, 2.45) is 5.41 Å². The van der Waals surface area contributed by atoms with E-state index in [9.17, 15) is 18.0 Å². The maximum atomic E-state index is 11.4. The minimum Gasteiger partial charge on any atom is -0.481 e. The molecule has 0 fully saturated rings. The number of carboxylic acid groups (broad SMARTS) is 1. The fraction of sp³-hybridized carbons (Fsp3) is 0.778. The Bertz CT molecular complexity index is 388. The van der Waals surface area contributed by atoms with Crippen LogP contribution in [0.25, 0.3) is 0 Å². The molecule has 17 heavy (non-hydrogen) atoms. The van der Waals surface area contributed by atoms with E-state index in [1.54, 1.807) is 13.8 Å². The number of hydrogen-bond acceptors (Lipinski definition) is 4. The van der Waals surface area contributed by atoms with Gasteiger partial charge in [0.25, 0.3) is 0 Å². The average Bonchev–Trinajstić information content (AvgIpc) is 2.23. The topological polar surface area (TPSA) is 113 Å². The zero-order chi connectivity index (χ0) is 13.7. The Morgan fingerprint density at radius 3 is 2.24 bits per heavy atom. The second-order valence-corrected chi connectivity index (χ2v) is 6.17. The molecule has 3 N–H and O–H groups in total. The van der Waals surface area contributed by atoms with Crippen molar-refractivity contribution < 1.29 is 23.1 Å². The lowest BCUT2D eigenvalue weighted by Crippen LogP contribution is -2.44. The van der Waals surface area contributed by atoms with Gasteiger partial charge in [0.1, 0.15) is 0 Å². The first-order valence-corrected chi connectivity index (χ1v) is 6.67.